The minimum atomic E-state index is -0.927. The molecule has 1 aromatic rings. The molecule has 0 aliphatic carbocycles. The van der Waals surface area contributed by atoms with Crippen LogP contribution < -0.4 is 5.32 Å². The van der Waals surface area contributed by atoms with Gasteiger partial charge in [0.05, 0.1) is 5.56 Å². The number of benzene rings is 1. The monoisotopic (exact) mass is 253 g/mol. The molecule has 0 atom stereocenters. The average molecular weight is 253 g/mol. The van der Waals surface area contributed by atoms with Gasteiger partial charge in [0, 0.05) is 23.6 Å². The Bertz CT molecular complexity index is 389. The molecule has 0 spiro atoms. The van der Waals surface area contributed by atoms with E-state index in [2.05, 4.69) is 5.32 Å². The first-order valence-electron chi connectivity index (χ1n) is 5.36. The Hall–Kier alpha value is -1.49. The van der Waals surface area contributed by atoms with E-state index in [0.717, 1.165) is 4.90 Å². The van der Waals surface area contributed by atoms with Crippen LogP contribution in [0.15, 0.2) is 29.2 Å². The van der Waals surface area contributed by atoms with E-state index in [1.807, 2.05) is 6.92 Å². The Balaban J connectivity index is 2.37. The number of aromatic carboxylic acids is 1. The Morgan fingerprint density at radius 2 is 1.94 bits per heavy atom. The number of nitrogens with one attached hydrogen (secondary N) is 1. The zero-order valence-electron chi connectivity index (χ0n) is 9.60. The SMILES string of the molecule is CCNC(=O)CCSc1ccc(C(=O)O)cc1. The number of hydrogen-bond donors (Lipinski definition) is 2. The molecule has 0 saturated heterocycles. The molecule has 0 saturated carbocycles. The van der Waals surface area contributed by atoms with Crippen molar-refractivity contribution in [1.29, 1.82) is 0 Å². The topological polar surface area (TPSA) is 66.4 Å². The fourth-order valence-electron chi connectivity index (χ4n) is 1.24. The van der Waals surface area contributed by atoms with Crippen molar-refractivity contribution in [3.8, 4) is 0 Å². The van der Waals surface area contributed by atoms with Crippen LogP contribution in [-0.2, 0) is 4.79 Å². The molecule has 1 amide bonds. The van der Waals surface area contributed by atoms with E-state index in [1.165, 1.54) is 0 Å². The Morgan fingerprint density at radius 3 is 2.47 bits per heavy atom. The minimum absolute atomic E-state index is 0.0437. The largest absolute Gasteiger partial charge is 0.478 e. The van der Waals surface area contributed by atoms with E-state index in [-0.39, 0.29) is 11.5 Å². The highest BCUT2D eigenvalue weighted by molar-refractivity contribution is 7.99. The van der Waals surface area contributed by atoms with Crippen LogP contribution in [-0.4, -0.2) is 29.3 Å². The average Bonchev–Trinajstić information content (AvgIpc) is 2.30. The van der Waals surface area contributed by atoms with E-state index >= 15 is 0 Å². The van der Waals surface area contributed by atoms with Gasteiger partial charge in [-0.05, 0) is 31.2 Å². The molecule has 5 heteroatoms. The highest BCUT2D eigenvalue weighted by Crippen LogP contribution is 2.19. The van der Waals surface area contributed by atoms with Crippen LogP contribution in [0.4, 0.5) is 0 Å². The van der Waals surface area contributed by atoms with E-state index in [4.69, 9.17) is 5.11 Å². The molecule has 1 aromatic carbocycles. The maximum Gasteiger partial charge on any atom is 0.335 e. The molecule has 1 rings (SSSR count). The van der Waals surface area contributed by atoms with Crippen molar-refractivity contribution in [3.63, 3.8) is 0 Å². The summed E-state index contributed by atoms with van der Waals surface area (Å²) in [6.07, 6.45) is 0.471. The van der Waals surface area contributed by atoms with Crippen molar-refractivity contribution in [2.24, 2.45) is 0 Å². The third-order valence-corrected chi connectivity index (χ3v) is 3.09. The summed E-state index contributed by atoms with van der Waals surface area (Å²) in [5.41, 5.74) is 0.276. The number of amides is 1. The van der Waals surface area contributed by atoms with Crippen molar-refractivity contribution in [2.75, 3.05) is 12.3 Å². The first-order valence-corrected chi connectivity index (χ1v) is 6.35. The predicted molar refractivity (Wildman–Crippen MR) is 67.4 cm³/mol. The highest BCUT2D eigenvalue weighted by atomic mass is 32.2. The van der Waals surface area contributed by atoms with Gasteiger partial charge in [-0.3, -0.25) is 4.79 Å². The lowest BCUT2D eigenvalue weighted by Gasteiger charge is -2.03. The van der Waals surface area contributed by atoms with E-state index < -0.39 is 5.97 Å². The molecule has 4 nitrogen and oxygen atoms in total. The lowest BCUT2D eigenvalue weighted by atomic mass is 10.2. The van der Waals surface area contributed by atoms with E-state index in [9.17, 15) is 9.59 Å². The molecule has 0 unspecified atom stereocenters. The van der Waals surface area contributed by atoms with Crippen LogP contribution in [0.25, 0.3) is 0 Å². The first kappa shape index (κ1) is 13.6. The standard InChI is InChI=1S/C12H15NO3S/c1-2-13-11(14)7-8-17-10-5-3-9(4-6-10)12(15)16/h3-6H,2,7-8H2,1H3,(H,13,14)(H,15,16). The number of carboxylic acid groups (broad SMARTS) is 1. The summed E-state index contributed by atoms with van der Waals surface area (Å²) in [7, 11) is 0. The zero-order valence-corrected chi connectivity index (χ0v) is 10.4. The van der Waals surface area contributed by atoms with Crippen LogP contribution in [0.5, 0.6) is 0 Å². The second-order valence-electron chi connectivity index (χ2n) is 3.38. The predicted octanol–water partition coefficient (Wildman–Crippen LogP) is 2.00. The molecule has 17 heavy (non-hydrogen) atoms. The summed E-state index contributed by atoms with van der Waals surface area (Å²) < 4.78 is 0. The van der Waals surface area contributed by atoms with Gasteiger partial charge in [0.25, 0.3) is 0 Å². The lowest BCUT2D eigenvalue weighted by Crippen LogP contribution is -2.22. The van der Waals surface area contributed by atoms with Gasteiger partial charge < -0.3 is 10.4 Å². The summed E-state index contributed by atoms with van der Waals surface area (Å²) >= 11 is 1.54. The smallest absolute Gasteiger partial charge is 0.335 e. The third kappa shape index (κ3) is 4.91. The number of carbonyl (C=O) groups excluding carboxylic acids is 1. The second-order valence-corrected chi connectivity index (χ2v) is 4.55. The van der Waals surface area contributed by atoms with Gasteiger partial charge in [-0.25, -0.2) is 4.79 Å². The number of hydrogen-bond acceptors (Lipinski definition) is 3. The quantitative estimate of drug-likeness (QED) is 0.761. The summed E-state index contributed by atoms with van der Waals surface area (Å²) in [5, 5.41) is 11.4. The fraction of sp³-hybridized carbons (Fsp3) is 0.333. The first-order chi connectivity index (χ1) is 8.13. The van der Waals surface area contributed by atoms with Gasteiger partial charge >= 0.3 is 5.97 Å². The zero-order chi connectivity index (χ0) is 12.7. The van der Waals surface area contributed by atoms with Gasteiger partial charge in [0.1, 0.15) is 0 Å². The molecule has 0 aliphatic heterocycles. The Labute approximate surface area is 104 Å². The van der Waals surface area contributed by atoms with Crippen LogP contribution >= 0.6 is 11.8 Å². The number of carboxylic acids is 1. The third-order valence-electron chi connectivity index (χ3n) is 2.07. The molecule has 0 aliphatic rings. The summed E-state index contributed by atoms with van der Waals surface area (Å²) in [6, 6.07) is 6.64. The molecule has 92 valence electrons. The number of carbonyl (C=O) groups is 2. The maximum atomic E-state index is 11.2. The Morgan fingerprint density at radius 1 is 1.29 bits per heavy atom. The van der Waals surface area contributed by atoms with Crippen LogP contribution in [0.1, 0.15) is 23.7 Å². The van der Waals surface area contributed by atoms with Crippen molar-refractivity contribution in [3.05, 3.63) is 29.8 Å². The van der Waals surface area contributed by atoms with Crippen molar-refractivity contribution in [2.45, 2.75) is 18.2 Å². The summed E-state index contributed by atoms with van der Waals surface area (Å²) in [6.45, 7) is 2.53. The van der Waals surface area contributed by atoms with Crippen molar-refractivity contribution in [1.82, 2.24) is 5.32 Å². The van der Waals surface area contributed by atoms with Crippen molar-refractivity contribution >= 4 is 23.6 Å². The molecule has 0 bridgehead atoms. The molecule has 0 radical (unpaired) electrons. The van der Waals surface area contributed by atoms with Crippen molar-refractivity contribution < 1.29 is 14.7 Å². The van der Waals surface area contributed by atoms with Gasteiger partial charge in [-0.2, -0.15) is 0 Å². The minimum Gasteiger partial charge on any atom is -0.478 e. The Kier molecular flexibility index (Phi) is 5.56. The summed E-state index contributed by atoms with van der Waals surface area (Å²) in [5.74, 6) is -0.191. The van der Waals surface area contributed by atoms with E-state index in [0.29, 0.717) is 18.7 Å². The van der Waals surface area contributed by atoms with Gasteiger partial charge in [0.2, 0.25) is 5.91 Å². The lowest BCUT2D eigenvalue weighted by molar-refractivity contribution is -0.120. The molecule has 0 aromatic heterocycles. The number of rotatable bonds is 6. The normalized spacial score (nSPS) is 9.94. The van der Waals surface area contributed by atoms with Crippen LogP contribution in [0, 0.1) is 0 Å². The van der Waals surface area contributed by atoms with Gasteiger partial charge in [0.15, 0.2) is 0 Å². The van der Waals surface area contributed by atoms with Gasteiger partial charge in [-0.1, -0.05) is 0 Å². The van der Waals surface area contributed by atoms with E-state index in [1.54, 1.807) is 36.0 Å². The number of thioether (sulfide) groups is 1. The fourth-order valence-corrected chi connectivity index (χ4v) is 2.09. The van der Waals surface area contributed by atoms with Crippen LogP contribution in [0.3, 0.4) is 0 Å². The van der Waals surface area contributed by atoms with Crippen LogP contribution in [0.2, 0.25) is 0 Å². The molecular weight excluding hydrogens is 238 g/mol. The second kappa shape index (κ2) is 6.96. The molecule has 2 N–H and O–H groups in total. The van der Waals surface area contributed by atoms with Gasteiger partial charge in [-0.15, -0.1) is 11.8 Å². The molecule has 0 heterocycles. The highest BCUT2D eigenvalue weighted by Gasteiger charge is 2.03. The molecule has 0 fully saturated rings. The maximum absolute atomic E-state index is 11.2. The molecular formula is C12H15NO3S. The summed E-state index contributed by atoms with van der Waals surface area (Å²) in [4.78, 5) is 22.8.